The van der Waals surface area contributed by atoms with Crippen LogP contribution in [-0.4, -0.2) is 17.6 Å². The molecule has 0 spiro atoms. The summed E-state index contributed by atoms with van der Waals surface area (Å²) in [5.41, 5.74) is 2.09. The van der Waals surface area contributed by atoms with Gasteiger partial charge in [0, 0.05) is 11.3 Å². The number of aliphatic hydroxyl groups excluding tert-OH is 1. The quantitative estimate of drug-likeness (QED) is 0.754. The molecule has 0 unspecified atom stereocenters. The summed E-state index contributed by atoms with van der Waals surface area (Å²) in [6.45, 7) is 4.51. The zero-order valence-corrected chi connectivity index (χ0v) is 13.6. The fraction of sp³-hybridized carbons (Fsp3) is 0.316. The molecule has 2 N–H and O–H groups in total. The van der Waals surface area contributed by atoms with E-state index in [4.69, 9.17) is 4.74 Å². The highest BCUT2D eigenvalue weighted by Crippen LogP contribution is 2.17. The minimum Gasteiger partial charge on any atom is -0.494 e. The number of aliphatic hydroxyl groups is 1. The van der Waals surface area contributed by atoms with Gasteiger partial charge in [-0.1, -0.05) is 25.5 Å². The van der Waals surface area contributed by atoms with Crippen LogP contribution in [0.5, 0.6) is 5.75 Å². The monoisotopic (exact) mass is 313 g/mol. The lowest BCUT2D eigenvalue weighted by Crippen LogP contribution is -2.11. The van der Waals surface area contributed by atoms with Gasteiger partial charge >= 0.3 is 0 Å². The summed E-state index contributed by atoms with van der Waals surface area (Å²) in [5.74, 6) is 0.603. The summed E-state index contributed by atoms with van der Waals surface area (Å²) in [6, 6.07) is 14.3. The minimum atomic E-state index is -0.514. The highest BCUT2D eigenvalue weighted by atomic mass is 16.5. The van der Waals surface area contributed by atoms with Gasteiger partial charge in [-0.2, -0.15) is 0 Å². The van der Waals surface area contributed by atoms with E-state index in [0.717, 1.165) is 24.2 Å². The van der Waals surface area contributed by atoms with Crippen LogP contribution in [0.2, 0.25) is 0 Å². The first-order chi connectivity index (χ1) is 11.1. The summed E-state index contributed by atoms with van der Waals surface area (Å²) in [5, 5.41) is 12.3. The second-order valence-corrected chi connectivity index (χ2v) is 5.48. The Kier molecular flexibility index (Phi) is 6.18. The molecule has 4 heteroatoms. The Morgan fingerprint density at radius 2 is 1.78 bits per heavy atom. The topological polar surface area (TPSA) is 58.6 Å². The lowest BCUT2D eigenvalue weighted by Gasteiger charge is -2.09. The molecule has 2 aromatic rings. The number of hydrogen-bond donors (Lipinski definition) is 2. The third-order valence-electron chi connectivity index (χ3n) is 3.53. The summed E-state index contributed by atoms with van der Waals surface area (Å²) < 4.78 is 5.58. The highest BCUT2D eigenvalue weighted by molar-refractivity contribution is 6.04. The average molecular weight is 313 g/mol. The summed E-state index contributed by atoms with van der Waals surface area (Å²) in [6.07, 6.45) is 1.60. The van der Waals surface area contributed by atoms with E-state index in [9.17, 15) is 9.90 Å². The van der Waals surface area contributed by atoms with Gasteiger partial charge in [0.25, 0.3) is 5.91 Å². The first-order valence-electron chi connectivity index (χ1n) is 7.92. The number of carbonyl (C=O) groups excluding carboxylic acids is 1. The molecule has 0 aliphatic rings. The van der Waals surface area contributed by atoms with E-state index in [1.807, 2.05) is 0 Å². The number of ether oxygens (including phenoxy) is 1. The van der Waals surface area contributed by atoms with Crippen LogP contribution in [0.25, 0.3) is 0 Å². The number of amides is 1. The second-order valence-electron chi connectivity index (χ2n) is 5.48. The SMILES string of the molecule is CCCCOc1ccc(C(=O)Nc2ccc([C@@H](C)O)cc2)cc1. The van der Waals surface area contributed by atoms with E-state index in [2.05, 4.69) is 12.2 Å². The van der Waals surface area contributed by atoms with Gasteiger partial charge in [-0.3, -0.25) is 4.79 Å². The molecular formula is C19H23NO3. The molecule has 0 aliphatic heterocycles. The maximum atomic E-state index is 12.2. The van der Waals surface area contributed by atoms with Gasteiger partial charge in [0.2, 0.25) is 0 Å². The summed E-state index contributed by atoms with van der Waals surface area (Å²) in [7, 11) is 0. The molecule has 0 saturated carbocycles. The van der Waals surface area contributed by atoms with Gasteiger partial charge in [0.1, 0.15) is 5.75 Å². The molecular weight excluding hydrogens is 290 g/mol. The standard InChI is InChI=1S/C19H23NO3/c1-3-4-13-23-18-11-7-16(8-12-18)19(22)20-17-9-5-15(6-10-17)14(2)21/h5-12,14,21H,3-4,13H2,1-2H3,(H,20,22)/t14-/m1/s1. The molecule has 0 heterocycles. The van der Waals surface area contributed by atoms with Crippen molar-refractivity contribution in [1.82, 2.24) is 0 Å². The van der Waals surface area contributed by atoms with Crippen molar-refractivity contribution < 1.29 is 14.6 Å². The van der Waals surface area contributed by atoms with E-state index in [1.165, 1.54) is 0 Å². The average Bonchev–Trinajstić information content (AvgIpc) is 2.56. The maximum absolute atomic E-state index is 12.2. The van der Waals surface area contributed by atoms with E-state index in [1.54, 1.807) is 55.5 Å². The third kappa shape index (κ3) is 5.11. The van der Waals surface area contributed by atoms with Gasteiger partial charge < -0.3 is 15.2 Å². The number of rotatable bonds is 7. The lowest BCUT2D eigenvalue weighted by molar-refractivity contribution is 0.102. The number of nitrogens with one attached hydrogen (secondary N) is 1. The number of carbonyl (C=O) groups is 1. The number of unbranched alkanes of at least 4 members (excludes halogenated alkanes) is 1. The molecule has 4 nitrogen and oxygen atoms in total. The van der Waals surface area contributed by atoms with Crippen molar-refractivity contribution in [2.24, 2.45) is 0 Å². The molecule has 0 bridgehead atoms. The first-order valence-corrected chi connectivity index (χ1v) is 7.92. The smallest absolute Gasteiger partial charge is 0.255 e. The Bertz CT molecular complexity index is 618. The molecule has 2 aromatic carbocycles. The second kappa shape index (κ2) is 8.34. The van der Waals surface area contributed by atoms with Gasteiger partial charge in [-0.25, -0.2) is 0 Å². The number of hydrogen-bond acceptors (Lipinski definition) is 3. The third-order valence-corrected chi connectivity index (χ3v) is 3.53. The Hall–Kier alpha value is -2.33. The van der Waals surface area contributed by atoms with Crippen molar-refractivity contribution in [3.05, 3.63) is 59.7 Å². The summed E-state index contributed by atoms with van der Waals surface area (Å²) in [4.78, 5) is 12.2. The fourth-order valence-electron chi connectivity index (χ4n) is 2.09. The van der Waals surface area contributed by atoms with Crippen LogP contribution >= 0.6 is 0 Å². The molecule has 122 valence electrons. The van der Waals surface area contributed by atoms with Crippen molar-refractivity contribution in [2.45, 2.75) is 32.8 Å². The van der Waals surface area contributed by atoms with Crippen LogP contribution in [-0.2, 0) is 0 Å². The predicted octanol–water partition coefficient (Wildman–Crippen LogP) is 4.17. The van der Waals surface area contributed by atoms with Gasteiger partial charge in [-0.05, 0) is 55.3 Å². The molecule has 2 rings (SSSR count). The van der Waals surface area contributed by atoms with Crippen LogP contribution in [0, 0.1) is 0 Å². The van der Waals surface area contributed by atoms with Crippen LogP contribution < -0.4 is 10.1 Å². The highest BCUT2D eigenvalue weighted by Gasteiger charge is 2.07. The van der Waals surface area contributed by atoms with Crippen molar-refractivity contribution in [3.8, 4) is 5.75 Å². The Morgan fingerprint density at radius 3 is 2.35 bits per heavy atom. The molecule has 0 aliphatic carbocycles. The Balaban J connectivity index is 1.94. The molecule has 23 heavy (non-hydrogen) atoms. The van der Waals surface area contributed by atoms with Crippen molar-refractivity contribution in [3.63, 3.8) is 0 Å². The van der Waals surface area contributed by atoms with Gasteiger partial charge in [0.15, 0.2) is 0 Å². The molecule has 1 amide bonds. The van der Waals surface area contributed by atoms with Crippen LogP contribution in [0.3, 0.4) is 0 Å². The van der Waals surface area contributed by atoms with E-state index >= 15 is 0 Å². The summed E-state index contributed by atoms with van der Waals surface area (Å²) >= 11 is 0. The Morgan fingerprint density at radius 1 is 1.13 bits per heavy atom. The number of anilines is 1. The zero-order chi connectivity index (χ0) is 16.7. The van der Waals surface area contributed by atoms with Crippen molar-refractivity contribution in [1.29, 1.82) is 0 Å². The molecule has 0 saturated heterocycles. The fourth-order valence-corrected chi connectivity index (χ4v) is 2.09. The van der Waals surface area contributed by atoms with Crippen molar-refractivity contribution in [2.75, 3.05) is 11.9 Å². The van der Waals surface area contributed by atoms with Gasteiger partial charge in [-0.15, -0.1) is 0 Å². The van der Waals surface area contributed by atoms with E-state index in [-0.39, 0.29) is 5.91 Å². The maximum Gasteiger partial charge on any atom is 0.255 e. The van der Waals surface area contributed by atoms with Gasteiger partial charge in [0.05, 0.1) is 12.7 Å². The largest absolute Gasteiger partial charge is 0.494 e. The lowest BCUT2D eigenvalue weighted by atomic mass is 10.1. The predicted molar refractivity (Wildman–Crippen MR) is 91.9 cm³/mol. The Labute approximate surface area is 137 Å². The molecule has 0 aromatic heterocycles. The number of benzene rings is 2. The van der Waals surface area contributed by atoms with Crippen LogP contribution in [0.1, 0.15) is 48.7 Å². The zero-order valence-electron chi connectivity index (χ0n) is 13.6. The minimum absolute atomic E-state index is 0.171. The molecule has 0 radical (unpaired) electrons. The normalized spacial score (nSPS) is 11.8. The van der Waals surface area contributed by atoms with E-state index in [0.29, 0.717) is 17.9 Å². The molecule has 0 fully saturated rings. The van der Waals surface area contributed by atoms with Crippen molar-refractivity contribution >= 4 is 11.6 Å². The first kappa shape index (κ1) is 17.0. The van der Waals surface area contributed by atoms with Crippen LogP contribution in [0.4, 0.5) is 5.69 Å². The molecule has 1 atom stereocenters. The van der Waals surface area contributed by atoms with Crippen LogP contribution in [0.15, 0.2) is 48.5 Å². The van der Waals surface area contributed by atoms with E-state index < -0.39 is 6.10 Å².